The number of halogens is 1. The van der Waals surface area contributed by atoms with Crippen LogP contribution in [-0.2, 0) is 19.6 Å². The Morgan fingerprint density at radius 3 is 2.53 bits per heavy atom. The standard InChI is InChI=1S/C10H20ClNO4S/c1-4-16-10(13)5-6-12(3)17(14,15)8-9(2)7-11/h9H,4-8H2,1-3H3. The molecule has 0 aromatic carbocycles. The van der Waals surface area contributed by atoms with Crippen molar-refractivity contribution in [3.63, 3.8) is 0 Å². The summed E-state index contributed by atoms with van der Waals surface area (Å²) in [4.78, 5) is 11.1. The molecule has 5 nitrogen and oxygen atoms in total. The molecule has 1 atom stereocenters. The Balaban J connectivity index is 4.21. The highest BCUT2D eigenvalue weighted by Gasteiger charge is 2.21. The van der Waals surface area contributed by atoms with E-state index in [0.717, 1.165) is 0 Å². The number of sulfonamides is 1. The van der Waals surface area contributed by atoms with Crippen molar-refractivity contribution in [3.8, 4) is 0 Å². The lowest BCUT2D eigenvalue weighted by Gasteiger charge is -2.18. The molecule has 0 aromatic rings. The number of esters is 1. The third-order valence-corrected chi connectivity index (χ3v) is 4.82. The molecule has 0 radical (unpaired) electrons. The van der Waals surface area contributed by atoms with E-state index in [1.54, 1.807) is 13.8 Å². The predicted molar refractivity (Wildman–Crippen MR) is 67.6 cm³/mol. The van der Waals surface area contributed by atoms with E-state index >= 15 is 0 Å². The summed E-state index contributed by atoms with van der Waals surface area (Å²) in [5.41, 5.74) is 0. The molecule has 0 fully saturated rings. The van der Waals surface area contributed by atoms with Crippen LogP contribution in [0.4, 0.5) is 0 Å². The van der Waals surface area contributed by atoms with Crippen molar-refractivity contribution in [2.75, 3.05) is 31.8 Å². The number of carbonyl (C=O) groups is 1. The molecule has 0 aromatic heterocycles. The third kappa shape index (κ3) is 6.85. The van der Waals surface area contributed by atoms with Gasteiger partial charge >= 0.3 is 5.97 Å². The SMILES string of the molecule is CCOC(=O)CCN(C)S(=O)(=O)CC(C)CCl. The van der Waals surface area contributed by atoms with Gasteiger partial charge in [0, 0.05) is 19.5 Å². The maximum Gasteiger partial charge on any atom is 0.307 e. The summed E-state index contributed by atoms with van der Waals surface area (Å²) in [5, 5.41) is 0. The summed E-state index contributed by atoms with van der Waals surface area (Å²) >= 11 is 5.57. The van der Waals surface area contributed by atoms with Crippen LogP contribution in [0.25, 0.3) is 0 Å². The van der Waals surface area contributed by atoms with E-state index < -0.39 is 10.0 Å². The molecule has 0 aliphatic rings. The van der Waals surface area contributed by atoms with Crippen LogP contribution >= 0.6 is 11.6 Å². The largest absolute Gasteiger partial charge is 0.466 e. The Morgan fingerprint density at radius 1 is 1.47 bits per heavy atom. The fraction of sp³-hybridized carbons (Fsp3) is 0.900. The van der Waals surface area contributed by atoms with Gasteiger partial charge < -0.3 is 4.74 Å². The fourth-order valence-electron chi connectivity index (χ4n) is 1.15. The van der Waals surface area contributed by atoms with Gasteiger partial charge in [0.25, 0.3) is 0 Å². The van der Waals surface area contributed by atoms with E-state index in [1.165, 1.54) is 11.4 Å². The molecule has 0 aliphatic carbocycles. The Bertz CT molecular complexity index is 331. The zero-order valence-corrected chi connectivity index (χ0v) is 12.1. The molecule has 0 bridgehead atoms. The first-order valence-electron chi connectivity index (χ1n) is 5.49. The lowest BCUT2D eigenvalue weighted by Crippen LogP contribution is -2.33. The molecule has 102 valence electrons. The number of hydrogen-bond acceptors (Lipinski definition) is 4. The summed E-state index contributed by atoms with van der Waals surface area (Å²) in [6.07, 6.45) is 0.0683. The Hall–Kier alpha value is -0.330. The Morgan fingerprint density at radius 2 is 2.06 bits per heavy atom. The molecule has 0 saturated carbocycles. The third-order valence-electron chi connectivity index (χ3n) is 2.17. The molecule has 0 saturated heterocycles. The van der Waals surface area contributed by atoms with Crippen molar-refractivity contribution in [1.82, 2.24) is 4.31 Å². The number of ether oxygens (including phenoxy) is 1. The first kappa shape index (κ1) is 16.7. The molecule has 17 heavy (non-hydrogen) atoms. The van der Waals surface area contributed by atoms with Gasteiger partial charge in [-0.3, -0.25) is 4.79 Å². The second-order valence-corrected chi connectivity index (χ2v) is 6.34. The van der Waals surface area contributed by atoms with Crippen molar-refractivity contribution in [2.45, 2.75) is 20.3 Å². The molecule has 0 rings (SSSR count). The van der Waals surface area contributed by atoms with Gasteiger partial charge in [-0.15, -0.1) is 11.6 Å². The van der Waals surface area contributed by atoms with Crippen molar-refractivity contribution in [3.05, 3.63) is 0 Å². The first-order valence-corrected chi connectivity index (χ1v) is 7.63. The van der Waals surface area contributed by atoms with Gasteiger partial charge in [0.15, 0.2) is 0 Å². The number of nitrogens with zero attached hydrogens (tertiary/aromatic N) is 1. The quantitative estimate of drug-likeness (QED) is 0.494. The average molecular weight is 286 g/mol. The predicted octanol–water partition coefficient (Wildman–Crippen LogP) is 1.08. The van der Waals surface area contributed by atoms with Crippen LogP contribution in [0.1, 0.15) is 20.3 Å². The molecule has 0 aliphatic heterocycles. The van der Waals surface area contributed by atoms with Crippen molar-refractivity contribution >= 4 is 27.6 Å². The fourth-order valence-corrected chi connectivity index (χ4v) is 2.85. The van der Waals surface area contributed by atoms with Crippen molar-refractivity contribution in [1.29, 1.82) is 0 Å². The maximum atomic E-state index is 11.8. The van der Waals surface area contributed by atoms with Gasteiger partial charge in [-0.1, -0.05) is 6.92 Å². The van der Waals surface area contributed by atoms with E-state index in [2.05, 4.69) is 0 Å². The van der Waals surface area contributed by atoms with E-state index in [4.69, 9.17) is 16.3 Å². The Kier molecular flexibility index (Phi) is 7.74. The zero-order chi connectivity index (χ0) is 13.5. The molecule has 1 unspecified atom stereocenters. The molecule has 0 amide bonds. The highest BCUT2D eigenvalue weighted by atomic mass is 35.5. The van der Waals surface area contributed by atoms with Crippen LogP contribution in [0.5, 0.6) is 0 Å². The molecule has 0 N–H and O–H groups in total. The molecular formula is C10H20ClNO4S. The van der Waals surface area contributed by atoms with Crippen molar-refractivity contribution in [2.24, 2.45) is 5.92 Å². The van der Waals surface area contributed by atoms with E-state index in [0.29, 0.717) is 12.5 Å². The summed E-state index contributed by atoms with van der Waals surface area (Å²) < 4.78 is 29.5. The summed E-state index contributed by atoms with van der Waals surface area (Å²) in [6.45, 7) is 3.92. The molecule has 0 spiro atoms. The second-order valence-electron chi connectivity index (χ2n) is 3.91. The highest BCUT2D eigenvalue weighted by molar-refractivity contribution is 7.89. The lowest BCUT2D eigenvalue weighted by molar-refractivity contribution is -0.143. The van der Waals surface area contributed by atoms with Crippen LogP contribution < -0.4 is 0 Å². The number of rotatable bonds is 8. The molecule has 0 heterocycles. The summed E-state index contributed by atoms with van der Waals surface area (Å²) in [6, 6.07) is 0. The second kappa shape index (κ2) is 7.89. The van der Waals surface area contributed by atoms with Crippen LogP contribution in [-0.4, -0.2) is 50.5 Å². The Labute approximate surface area is 108 Å². The zero-order valence-electron chi connectivity index (χ0n) is 10.5. The smallest absolute Gasteiger partial charge is 0.307 e. The van der Waals surface area contributed by atoms with Gasteiger partial charge in [-0.25, -0.2) is 12.7 Å². The number of hydrogen-bond donors (Lipinski definition) is 0. The topological polar surface area (TPSA) is 63.7 Å². The van der Waals surface area contributed by atoms with Gasteiger partial charge in [0.2, 0.25) is 10.0 Å². The maximum absolute atomic E-state index is 11.8. The van der Waals surface area contributed by atoms with Gasteiger partial charge in [0.05, 0.1) is 18.8 Å². The number of alkyl halides is 1. The summed E-state index contributed by atoms with van der Waals surface area (Å²) in [5.74, 6) is -0.201. The van der Waals surface area contributed by atoms with Gasteiger partial charge in [-0.05, 0) is 12.8 Å². The molecule has 7 heteroatoms. The van der Waals surface area contributed by atoms with Crippen molar-refractivity contribution < 1.29 is 17.9 Å². The number of carbonyl (C=O) groups excluding carboxylic acids is 1. The van der Waals surface area contributed by atoms with Crippen LogP contribution in [0, 0.1) is 5.92 Å². The lowest BCUT2D eigenvalue weighted by atomic mass is 10.3. The van der Waals surface area contributed by atoms with Crippen LogP contribution in [0.15, 0.2) is 0 Å². The normalized spacial score (nSPS) is 13.7. The first-order chi connectivity index (χ1) is 7.83. The van der Waals surface area contributed by atoms with Gasteiger partial charge in [-0.2, -0.15) is 0 Å². The minimum atomic E-state index is -3.34. The minimum absolute atomic E-state index is 0.00414. The van der Waals surface area contributed by atoms with Crippen LogP contribution in [0.2, 0.25) is 0 Å². The monoisotopic (exact) mass is 285 g/mol. The van der Waals surface area contributed by atoms with E-state index in [1.807, 2.05) is 0 Å². The average Bonchev–Trinajstić information content (AvgIpc) is 2.25. The molecular weight excluding hydrogens is 266 g/mol. The van der Waals surface area contributed by atoms with Crippen LogP contribution in [0.3, 0.4) is 0 Å². The van der Waals surface area contributed by atoms with Gasteiger partial charge in [0.1, 0.15) is 0 Å². The summed E-state index contributed by atoms with van der Waals surface area (Å²) in [7, 11) is -1.89. The van der Waals surface area contributed by atoms with E-state index in [9.17, 15) is 13.2 Å². The minimum Gasteiger partial charge on any atom is -0.466 e. The highest BCUT2D eigenvalue weighted by Crippen LogP contribution is 2.08. The van der Waals surface area contributed by atoms with E-state index in [-0.39, 0.29) is 30.6 Å².